The van der Waals surface area contributed by atoms with E-state index in [1.807, 2.05) is 36.4 Å². The van der Waals surface area contributed by atoms with Crippen LogP contribution in [0.2, 0.25) is 0 Å². The van der Waals surface area contributed by atoms with E-state index in [2.05, 4.69) is 164 Å². The van der Waals surface area contributed by atoms with E-state index in [0.29, 0.717) is 5.89 Å². The molecule has 10 aromatic rings. The van der Waals surface area contributed by atoms with E-state index in [1.54, 1.807) is 0 Å². The molecule has 0 unspecified atom stereocenters. The molecule has 1 aliphatic carbocycles. The maximum atomic E-state index is 6.63. The third kappa shape index (κ3) is 5.10. The highest BCUT2D eigenvalue weighted by molar-refractivity contribution is 6.12. The number of hydrogen-bond donors (Lipinski definition) is 0. The van der Waals surface area contributed by atoms with Gasteiger partial charge >= 0.3 is 0 Å². The third-order valence-electron chi connectivity index (χ3n) is 11.5. The molecule has 0 saturated heterocycles. The van der Waals surface area contributed by atoms with Crippen LogP contribution in [0.5, 0.6) is 0 Å². The molecule has 2 aromatic heterocycles. The van der Waals surface area contributed by atoms with Crippen LogP contribution in [0.4, 0.5) is 17.1 Å². The molecule has 0 N–H and O–H groups in total. The van der Waals surface area contributed by atoms with Crippen molar-refractivity contribution in [3.63, 3.8) is 0 Å². The lowest BCUT2D eigenvalue weighted by Gasteiger charge is -2.27. The van der Waals surface area contributed by atoms with Crippen LogP contribution in [0.1, 0.15) is 25.0 Å². The zero-order chi connectivity index (χ0) is 37.4. The van der Waals surface area contributed by atoms with Gasteiger partial charge in [0.15, 0.2) is 5.58 Å². The van der Waals surface area contributed by atoms with Gasteiger partial charge in [-0.2, -0.15) is 0 Å². The summed E-state index contributed by atoms with van der Waals surface area (Å²) in [5.74, 6) is 0.604. The Bertz CT molecular complexity index is 3100. The summed E-state index contributed by atoms with van der Waals surface area (Å²) < 4.78 is 12.9. The second kappa shape index (κ2) is 12.4. The molecule has 1 aliphatic rings. The first-order valence-corrected chi connectivity index (χ1v) is 19.1. The van der Waals surface area contributed by atoms with E-state index < -0.39 is 0 Å². The van der Waals surface area contributed by atoms with Gasteiger partial charge in [0.1, 0.15) is 16.7 Å². The number of aromatic nitrogens is 1. The zero-order valence-corrected chi connectivity index (χ0v) is 31.0. The van der Waals surface area contributed by atoms with Crippen LogP contribution < -0.4 is 4.90 Å². The highest BCUT2D eigenvalue weighted by Crippen LogP contribution is 2.51. The standard InChI is InChI=1S/C52H36N2O2/c1-52(2)45-22-10-9-19-41(45)43-30-39(27-28-46(43)52)54(38-18-11-17-36(29-38)33-13-5-3-6-14-33)37-25-23-34(24-26-37)40-20-12-21-42-44-31-49-47(32-48(44)55-50(40)42)53-51(56-49)35-15-7-4-8-16-35/h3-32H,1-2H3. The van der Waals surface area contributed by atoms with Gasteiger partial charge in [-0.3, -0.25) is 0 Å². The maximum absolute atomic E-state index is 6.63. The van der Waals surface area contributed by atoms with Gasteiger partial charge in [0.25, 0.3) is 0 Å². The fourth-order valence-corrected chi connectivity index (χ4v) is 8.69. The molecule has 0 spiro atoms. The zero-order valence-electron chi connectivity index (χ0n) is 31.0. The molecule has 266 valence electrons. The van der Waals surface area contributed by atoms with Gasteiger partial charge in [0.05, 0.1) is 0 Å². The quantitative estimate of drug-likeness (QED) is 0.171. The summed E-state index contributed by atoms with van der Waals surface area (Å²) in [6.45, 7) is 4.66. The van der Waals surface area contributed by atoms with Gasteiger partial charge in [0.2, 0.25) is 5.89 Å². The molecule has 0 aliphatic heterocycles. The molecule has 11 rings (SSSR count). The first-order chi connectivity index (χ1) is 27.5. The van der Waals surface area contributed by atoms with Crippen LogP contribution >= 0.6 is 0 Å². The average Bonchev–Trinajstić information content (AvgIpc) is 3.91. The van der Waals surface area contributed by atoms with Gasteiger partial charge in [-0.15, -0.1) is 0 Å². The molecular formula is C52H36N2O2. The monoisotopic (exact) mass is 720 g/mol. The lowest BCUT2D eigenvalue weighted by molar-refractivity contribution is 0.620. The van der Waals surface area contributed by atoms with Gasteiger partial charge in [-0.25, -0.2) is 4.98 Å². The van der Waals surface area contributed by atoms with E-state index in [-0.39, 0.29) is 5.41 Å². The minimum Gasteiger partial charge on any atom is -0.455 e. The molecule has 56 heavy (non-hydrogen) atoms. The van der Waals surface area contributed by atoms with E-state index in [0.717, 1.165) is 66.8 Å². The van der Waals surface area contributed by atoms with Crippen molar-refractivity contribution < 1.29 is 8.83 Å². The fourth-order valence-electron chi connectivity index (χ4n) is 8.69. The Morgan fingerprint density at radius 1 is 0.429 bits per heavy atom. The van der Waals surface area contributed by atoms with Crippen molar-refractivity contribution in [2.75, 3.05) is 4.90 Å². The first-order valence-electron chi connectivity index (χ1n) is 19.1. The number of oxazole rings is 1. The second-order valence-corrected chi connectivity index (χ2v) is 15.2. The van der Waals surface area contributed by atoms with Crippen molar-refractivity contribution in [2.45, 2.75) is 19.3 Å². The number of nitrogens with zero attached hydrogens (tertiary/aromatic N) is 2. The minimum absolute atomic E-state index is 0.0622. The molecule has 0 bridgehead atoms. The average molecular weight is 721 g/mol. The van der Waals surface area contributed by atoms with E-state index in [4.69, 9.17) is 13.8 Å². The van der Waals surface area contributed by atoms with Crippen molar-refractivity contribution in [3.8, 4) is 44.8 Å². The maximum Gasteiger partial charge on any atom is 0.227 e. The van der Waals surface area contributed by atoms with Crippen molar-refractivity contribution in [1.29, 1.82) is 0 Å². The minimum atomic E-state index is -0.0622. The summed E-state index contributed by atoms with van der Waals surface area (Å²) in [4.78, 5) is 7.16. The molecule has 0 fully saturated rings. The topological polar surface area (TPSA) is 42.4 Å². The summed E-state index contributed by atoms with van der Waals surface area (Å²) >= 11 is 0. The smallest absolute Gasteiger partial charge is 0.227 e. The van der Waals surface area contributed by atoms with Crippen LogP contribution in [0, 0.1) is 0 Å². The number of anilines is 3. The van der Waals surface area contributed by atoms with Gasteiger partial charge < -0.3 is 13.7 Å². The molecule has 2 heterocycles. The largest absolute Gasteiger partial charge is 0.455 e. The SMILES string of the molecule is CC1(C)c2ccccc2-c2cc(N(c3ccc(-c4cccc5c4oc4cc6nc(-c7ccccc7)oc6cc45)cc3)c3cccc(-c4ccccc4)c3)ccc21. The Labute approximate surface area is 324 Å². The van der Waals surface area contributed by atoms with E-state index in [1.165, 1.54) is 33.4 Å². The van der Waals surface area contributed by atoms with Crippen molar-refractivity contribution in [3.05, 3.63) is 193 Å². The summed E-state index contributed by atoms with van der Waals surface area (Å²) in [7, 11) is 0. The Morgan fingerprint density at radius 3 is 1.91 bits per heavy atom. The number of para-hydroxylation sites is 1. The van der Waals surface area contributed by atoms with E-state index in [9.17, 15) is 0 Å². The fraction of sp³-hybridized carbons (Fsp3) is 0.0577. The predicted octanol–water partition coefficient (Wildman–Crippen LogP) is 14.5. The highest BCUT2D eigenvalue weighted by Gasteiger charge is 2.35. The van der Waals surface area contributed by atoms with Gasteiger partial charge in [-0.05, 0) is 93.5 Å². The molecular weight excluding hydrogens is 685 g/mol. The highest BCUT2D eigenvalue weighted by atomic mass is 16.4. The third-order valence-corrected chi connectivity index (χ3v) is 11.5. The number of hydrogen-bond acceptors (Lipinski definition) is 4. The van der Waals surface area contributed by atoms with Crippen molar-refractivity contribution >= 4 is 50.1 Å². The molecule has 8 aromatic carbocycles. The van der Waals surface area contributed by atoms with Crippen molar-refractivity contribution in [1.82, 2.24) is 4.98 Å². The van der Waals surface area contributed by atoms with Gasteiger partial charge in [0, 0.05) is 50.4 Å². The van der Waals surface area contributed by atoms with Crippen molar-refractivity contribution in [2.24, 2.45) is 0 Å². The summed E-state index contributed by atoms with van der Waals surface area (Å²) in [5, 5.41) is 2.05. The van der Waals surface area contributed by atoms with Crippen LogP contribution in [-0.4, -0.2) is 4.98 Å². The van der Waals surface area contributed by atoms with Crippen LogP contribution in [0.3, 0.4) is 0 Å². The normalized spacial score (nSPS) is 13.0. The molecule has 0 radical (unpaired) electrons. The molecule has 0 amide bonds. The Morgan fingerprint density at radius 2 is 1.09 bits per heavy atom. The Hall–Kier alpha value is -7.17. The number of fused-ring (bicyclic) bond motifs is 7. The number of furan rings is 1. The van der Waals surface area contributed by atoms with Crippen LogP contribution in [0.15, 0.2) is 191 Å². The lowest BCUT2D eigenvalue weighted by Crippen LogP contribution is -2.15. The number of benzene rings is 8. The Balaban J connectivity index is 1.01. The molecule has 4 nitrogen and oxygen atoms in total. The molecule has 0 saturated carbocycles. The first kappa shape index (κ1) is 32.3. The molecule has 0 atom stereocenters. The lowest BCUT2D eigenvalue weighted by atomic mass is 9.82. The van der Waals surface area contributed by atoms with Crippen LogP contribution in [0.25, 0.3) is 77.9 Å². The van der Waals surface area contributed by atoms with E-state index >= 15 is 0 Å². The second-order valence-electron chi connectivity index (χ2n) is 15.2. The summed E-state index contributed by atoms with van der Waals surface area (Å²) in [6, 6.07) is 64.5. The summed E-state index contributed by atoms with van der Waals surface area (Å²) in [5.41, 5.74) is 17.1. The summed E-state index contributed by atoms with van der Waals surface area (Å²) in [6.07, 6.45) is 0. The Kier molecular flexibility index (Phi) is 7.17. The molecule has 4 heteroatoms. The predicted molar refractivity (Wildman–Crippen MR) is 230 cm³/mol. The number of rotatable bonds is 6. The van der Waals surface area contributed by atoms with Crippen LogP contribution in [-0.2, 0) is 5.41 Å². The van der Waals surface area contributed by atoms with Gasteiger partial charge in [-0.1, -0.05) is 135 Å².